The molecular weight excluding hydrogens is 288 g/mol. The van der Waals surface area contributed by atoms with Crippen molar-refractivity contribution in [3.8, 4) is 0 Å². The number of carbonyl (C=O) groups is 1. The molecule has 0 bridgehead atoms. The van der Waals surface area contributed by atoms with Crippen LogP contribution in [0.5, 0.6) is 0 Å². The molecule has 3 nitrogen and oxygen atoms in total. The zero-order chi connectivity index (χ0) is 14.1. The molecule has 0 unspecified atom stereocenters. The maximum Gasteiger partial charge on any atom is 0.180 e. The fourth-order valence-corrected chi connectivity index (χ4v) is 3.91. The monoisotopic (exact) mass is 302 g/mol. The third kappa shape index (κ3) is 2.39. The molecule has 0 saturated carbocycles. The third-order valence-electron chi connectivity index (χ3n) is 3.23. The first-order valence-corrected chi connectivity index (χ1v) is 8.12. The van der Waals surface area contributed by atoms with Crippen molar-refractivity contribution in [2.75, 3.05) is 0 Å². The highest BCUT2D eigenvalue weighted by Gasteiger charge is 2.19. The van der Waals surface area contributed by atoms with Gasteiger partial charge in [0.2, 0.25) is 0 Å². The lowest BCUT2D eigenvalue weighted by Crippen LogP contribution is -2.05. The number of hydrogen-bond donors (Lipinski definition) is 0. The van der Waals surface area contributed by atoms with E-state index in [4.69, 9.17) is 0 Å². The Hall–Kier alpha value is -1.59. The summed E-state index contributed by atoms with van der Waals surface area (Å²) >= 11 is 2.89. The minimum Gasteiger partial charge on any atom is -0.293 e. The second-order valence-electron chi connectivity index (χ2n) is 5.00. The summed E-state index contributed by atoms with van der Waals surface area (Å²) in [5.41, 5.74) is 1.92. The summed E-state index contributed by atoms with van der Waals surface area (Å²) in [7, 11) is 0. The van der Waals surface area contributed by atoms with E-state index in [1.807, 2.05) is 26.0 Å². The van der Waals surface area contributed by atoms with Gasteiger partial charge in [-0.3, -0.25) is 4.79 Å². The predicted octanol–water partition coefficient (Wildman–Crippen LogP) is 4.30. The molecule has 0 aliphatic rings. The molecule has 20 heavy (non-hydrogen) atoms. The van der Waals surface area contributed by atoms with Crippen LogP contribution in [-0.4, -0.2) is 15.4 Å². The fourth-order valence-electron chi connectivity index (χ4n) is 2.19. The highest BCUT2D eigenvalue weighted by atomic mass is 32.1. The van der Waals surface area contributed by atoms with Crippen LogP contribution in [0.1, 0.15) is 40.7 Å². The number of ketones is 1. The molecule has 0 saturated heterocycles. The fraction of sp³-hybridized carbons (Fsp3) is 0.267. The van der Waals surface area contributed by atoms with Crippen molar-refractivity contribution in [3.63, 3.8) is 0 Å². The molecule has 5 heteroatoms. The lowest BCUT2D eigenvalue weighted by molar-refractivity contribution is 0.0996. The molecule has 0 spiro atoms. The molecule has 0 radical (unpaired) electrons. The number of thiophene rings is 1. The third-order valence-corrected chi connectivity index (χ3v) is 5.02. The van der Waals surface area contributed by atoms with Gasteiger partial charge in [0.05, 0.1) is 5.69 Å². The zero-order valence-electron chi connectivity index (χ0n) is 11.3. The van der Waals surface area contributed by atoms with Crippen LogP contribution in [-0.2, 0) is 6.42 Å². The van der Waals surface area contributed by atoms with Gasteiger partial charge in [0, 0.05) is 11.1 Å². The Morgan fingerprint density at radius 3 is 2.90 bits per heavy atom. The van der Waals surface area contributed by atoms with Gasteiger partial charge in [0.25, 0.3) is 0 Å². The highest BCUT2D eigenvalue weighted by molar-refractivity contribution is 7.17. The maximum atomic E-state index is 12.5. The van der Waals surface area contributed by atoms with Crippen molar-refractivity contribution >= 4 is 38.7 Å². The smallest absolute Gasteiger partial charge is 0.180 e. The summed E-state index contributed by atoms with van der Waals surface area (Å²) in [6, 6.07) is 8.19. The zero-order valence-corrected chi connectivity index (χ0v) is 12.9. The van der Waals surface area contributed by atoms with Gasteiger partial charge in [-0.15, -0.1) is 16.4 Å². The average Bonchev–Trinajstić information content (AvgIpc) is 3.06. The maximum absolute atomic E-state index is 12.5. The average molecular weight is 302 g/mol. The lowest BCUT2D eigenvalue weighted by Gasteiger charge is -2.03. The molecule has 0 amide bonds. The molecule has 2 heterocycles. The SMILES string of the molecule is CC(C)c1nnsc1C(=O)Cc1csc2ccccc12. The van der Waals surface area contributed by atoms with E-state index in [1.54, 1.807) is 11.3 Å². The lowest BCUT2D eigenvalue weighted by atomic mass is 10.0. The van der Waals surface area contributed by atoms with Gasteiger partial charge in [-0.25, -0.2) is 0 Å². The quantitative estimate of drug-likeness (QED) is 0.675. The van der Waals surface area contributed by atoms with E-state index in [1.165, 1.54) is 21.6 Å². The van der Waals surface area contributed by atoms with Gasteiger partial charge < -0.3 is 0 Å². The molecule has 3 aromatic rings. The van der Waals surface area contributed by atoms with Crippen LogP contribution < -0.4 is 0 Å². The normalized spacial score (nSPS) is 11.3. The standard InChI is InChI=1S/C15H14N2OS2/c1-9(2)14-15(20-17-16-14)12(18)7-10-8-19-13-6-4-3-5-11(10)13/h3-6,8-9H,7H2,1-2H3. The van der Waals surface area contributed by atoms with E-state index >= 15 is 0 Å². The number of aromatic nitrogens is 2. The van der Waals surface area contributed by atoms with Crippen molar-refractivity contribution in [3.05, 3.63) is 45.8 Å². The molecule has 102 valence electrons. The number of fused-ring (bicyclic) bond motifs is 1. The Morgan fingerprint density at radius 2 is 2.10 bits per heavy atom. The summed E-state index contributed by atoms with van der Waals surface area (Å²) in [5, 5.41) is 7.33. The molecule has 0 N–H and O–H groups in total. The van der Waals surface area contributed by atoms with Crippen molar-refractivity contribution in [1.29, 1.82) is 0 Å². The minimum atomic E-state index is 0.118. The first-order valence-electron chi connectivity index (χ1n) is 6.47. The Morgan fingerprint density at radius 1 is 1.30 bits per heavy atom. The van der Waals surface area contributed by atoms with Crippen LogP contribution in [0.2, 0.25) is 0 Å². The molecular formula is C15H14N2OS2. The van der Waals surface area contributed by atoms with Crippen LogP contribution in [0.4, 0.5) is 0 Å². The topological polar surface area (TPSA) is 42.9 Å². The summed E-state index contributed by atoms with van der Waals surface area (Å²) in [5.74, 6) is 0.346. The molecule has 1 aromatic carbocycles. The summed E-state index contributed by atoms with van der Waals surface area (Å²) < 4.78 is 5.15. The van der Waals surface area contributed by atoms with Gasteiger partial charge in [-0.1, -0.05) is 36.5 Å². The number of benzene rings is 1. The van der Waals surface area contributed by atoms with E-state index in [0.29, 0.717) is 11.3 Å². The van der Waals surface area contributed by atoms with E-state index in [9.17, 15) is 4.79 Å². The van der Waals surface area contributed by atoms with Crippen LogP contribution in [0.3, 0.4) is 0 Å². The highest BCUT2D eigenvalue weighted by Crippen LogP contribution is 2.28. The van der Waals surface area contributed by atoms with Gasteiger partial charge in [0.1, 0.15) is 4.88 Å². The first-order chi connectivity index (χ1) is 9.66. The Labute approximate surface area is 125 Å². The number of hydrogen-bond acceptors (Lipinski definition) is 5. The second-order valence-corrected chi connectivity index (χ2v) is 6.66. The Kier molecular flexibility index (Phi) is 3.63. The molecule has 0 atom stereocenters. The van der Waals surface area contributed by atoms with Crippen LogP contribution >= 0.6 is 22.9 Å². The number of Topliss-reactive ketones (excluding diaryl/α,β-unsaturated/α-hetero) is 1. The van der Waals surface area contributed by atoms with Gasteiger partial charge in [-0.2, -0.15) is 0 Å². The summed E-state index contributed by atoms with van der Waals surface area (Å²) in [4.78, 5) is 13.2. The van der Waals surface area contributed by atoms with E-state index in [2.05, 4.69) is 27.1 Å². The summed E-state index contributed by atoms with van der Waals surface area (Å²) in [6.45, 7) is 4.07. The van der Waals surface area contributed by atoms with Crippen LogP contribution in [0.25, 0.3) is 10.1 Å². The predicted molar refractivity (Wildman–Crippen MR) is 83.9 cm³/mol. The largest absolute Gasteiger partial charge is 0.293 e. The Bertz CT molecular complexity index is 758. The van der Waals surface area contributed by atoms with Gasteiger partial charge >= 0.3 is 0 Å². The van der Waals surface area contributed by atoms with E-state index < -0.39 is 0 Å². The molecule has 0 aliphatic heterocycles. The van der Waals surface area contributed by atoms with E-state index in [0.717, 1.165) is 11.3 Å². The minimum absolute atomic E-state index is 0.118. The first kappa shape index (κ1) is 13.4. The Balaban J connectivity index is 1.91. The number of nitrogens with zero attached hydrogens (tertiary/aromatic N) is 2. The van der Waals surface area contributed by atoms with Gasteiger partial charge in [0.15, 0.2) is 5.78 Å². The van der Waals surface area contributed by atoms with Gasteiger partial charge in [-0.05, 0) is 39.8 Å². The van der Waals surface area contributed by atoms with Crippen LogP contribution in [0.15, 0.2) is 29.6 Å². The second kappa shape index (κ2) is 5.42. The number of carbonyl (C=O) groups excluding carboxylic acids is 1. The van der Waals surface area contributed by atoms with E-state index in [-0.39, 0.29) is 11.7 Å². The van der Waals surface area contributed by atoms with Crippen molar-refractivity contribution in [2.24, 2.45) is 0 Å². The molecule has 0 aliphatic carbocycles. The number of rotatable bonds is 4. The summed E-state index contributed by atoms with van der Waals surface area (Å²) in [6.07, 6.45) is 0.424. The molecule has 0 fully saturated rings. The molecule has 3 rings (SSSR count). The molecule has 2 aromatic heterocycles. The van der Waals surface area contributed by atoms with Crippen LogP contribution in [0, 0.1) is 0 Å². The van der Waals surface area contributed by atoms with Crippen molar-refractivity contribution in [2.45, 2.75) is 26.2 Å². The van der Waals surface area contributed by atoms with Crippen molar-refractivity contribution < 1.29 is 4.79 Å². The van der Waals surface area contributed by atoms with Crippen molar-refractivity contribution in [1.82, 2.24) is 9.59 Å².